The minimum Gasteiger partial charge on any atom is -0.377 e. The Morgan fingerprint density at radius 3 is 2.50 bits per heavy atom. The number of amidine groups is 1. The Labute approximate surface area is 141 Å². The number of carbonyl (C=O) groups excluding carboxylic acids is 1. The van der Waals surface area contributed by atoms with Gasteiger partial charge in [-0.25, -0.2) is 0 Å². The summed E-state index contributed by atoms with van der Waals surface area (Å²) in [5.41, 5.74) is 11.3. The van der Waals surface area contributed by atoms with Crippen LogP contribution >= 0.6 is 35.7 Å². The third-order valence-electron chi connectivity index (χ3n) is 2.61. The Hall–Kier alpha value is -0.960. The molecule has 1 aromatic rings. The Kier molecular flexibility index (Phi) is 9.39. The van der Waals surface area contributed by atoms with Gasteiger partial charge in [-0.15, -0.1) is 24.0 Å². The number of para-hydroxylation sites is 1. The van der Waals surface area contributed by atoms with E-state index in [0.29, 0.717) is 18.1 Å². The molecule has 5 nitrogen and oxygen atoms in total. The first-order valence-electron chi connectivity index (χ1n) is 6.00. The maximum atomic E-state index is 11.8. The molecular weight excluding hydrogens is 387 g/mol. The van der Waals surface area contributed by atoms with Crippen LogP contribution in [0.15, 0.2) is 23.3 Å². The Morgan fingerprint density at radius 2 is 1.95 bits per heavy atom. The van der Waals surface area contributed by atoms with Gasteiger partial charge in [0.1, 0.15) is 0 Å². The van der Waals surface area contributed by atoms with Gasteiger partial charge in [0, 0.05) is 18.7 Å². The molecule has 0 atom stereocenters. The van der Waals surface area contributed by atoms with E-state index in [-0.39, 0.29) is 29.9 Å². The van der Waals surface area contributed by atoms with Crippen LogP contribution in [0.1, 0.15) is 17.5 Å². The van der Waals surface area contributed by atoms with Crippen molar-refractivity contribution in [1.29, 1.82) is 0 Å². The second kappa shape index (κ2) is 9.87. The Balaban J connectivity index is 0.00000361. The van der Waals surface area contributed by atoms with Crippen LogP contribution in [0.25, 0.3) is 0 Å². The standard InChI is InChI=1S/C13H20N4OS.HI/c1-9-5-4-6-10(2)12(9)16-11(18)7-8-15-17-13(14)19-3;/h4-6,15H,7-8H2,1-3H3,(H2,14,17)(H,16,18);1H. The number of hydrogen-bond acceptors (Lipinski definition) is 4. The molecule has 0 radical (unpaired) electrons. The van der Waals surface area contributed by atoms with Crippen LogP contribution in [0, 0.1) is 13.8 Å². The van der Waals surface area contributed by atoms with E-state index in [2.05, 4.69) is 15.8 Å². The van der Waals surface area contributed by atoms with Gasteiger partial charge in [0.25, 0.3) is 0 Å². The zero-order valence-corrected chi connectivity index (χ0v) is 15.0. The molecule has 0 aliphatic carbocycles. The summed E-state index contributed by atoms with van der Waals surface area (Å²) in [6, 6.07) is 5.93. The van der Waals surface area contributed by atoms with Crippen LogP contribution in [0.3, 0.4) is 0 Å². The molecule has 0 heterocycles. The fourth-order valence-electron chi connectivity index (χ4n) is 1.56. The molecule has 1 amide bonds. The van der Waals surface area contributed by atoms with Gasteiger partial charge in [-0.05, 0) is 31.2 Å². The Bertz CT molecular complexity index is 459. The predicted molar refractivity (Wildman–Crippen MR) is 97.7 cm³/mol. The number of halogens is 1. The molecule has 7 heteroatoms. The first-order valence-corrected chi connectivity index (χ1v) is 7.23. The monoisotopic (exact) mass is 408 g/mol. The second-order valence-corrected chi connectivity index (χ2v) is 4.95. The first kappa shape index (κ1) is 19.0. The zero-order chi connectivity index (χ0) is 14.3. The van der Waals surface area contributed by atoms with Gasteiger partial charge in [0.05, 0.1) is 0 Å². The van der Waals surface area contributed by atoms with Crippen molar-refractivity contribution < 1.29 is 4.79 Å². The topological polar surface area (TPSA) is 79.5 Å². The highest BCUT2D eigenvalue weighted by Gasteiger charge is 2.06. The summed E-state index contributed by atoms with van der Waals surface area (Å²) in [6.07, 6.45) is 2.19. The van der Waals surface area contributed by atoms with Crippen LogP contribution in [-0.4, -0.2) is 23.9 Å². The number of amides is 1. The van der Waals surface area contributed by atoms with Gasteiger partial charge in [0.2, 0.25) is 5.91 Å². The minimum absolute atomic E-state index is 0. The zero-order valence-electron chi connectivity index (χ0n) is 11.9. The highest BCUT2D eigenvalue weighted by Crippen LogP contribution is 2.19. The van der Waals surface area contributed by atoms with Crippen LogP contribution in [0.2, 0.25) is 0 Å². The summed E-state index contributed by atoms with van der Waals surface area (Å²) in [4.78, 5) is 11.8. The maximum Gasteiger partial charge on any atom is 0.226 e. The fraction of sp³-hybridized carbons (Fsp3) is 0.385. The van der Waals surface area contributed by atoms with Crippen LogP contribution < -0.4 is 16.5 Å². The van der Waals surface area contributed by atoms with Crippen molar-refractivity contribution in [1.82, 2.24) is 5.43 Å². The number of hydrogen-bond donors (Lipinski definition) is 3. The number of nitrogens with zero attached hydrogens (tertiary/aromatic N) is 1. The Morgan fingerprint density at radius 1 is 1.35 bits per heavy atom. The summed E-state index contributed by atoms with van der Waals surface area (Å²) >= 11 is 1.35. The van der Waals surface area contributed by atoms with Crippen molar-refractivity contribution in [3.63, 3.8) is 0 Å². The van der Waals surface area contributed by atoms with Gasteiger partial charge < -0.3 is 16.5 Å². The molecule has 0 bridgehead atoms. The lowest BCUT2D eigenvalue weighted by Gasteiger charge is -2.11. The predicted octanol–water partition coefficient (Wildman–Crippen LogP) is 2.43. The van der Waals surface area contributed by atoms with Crippen molar-refractivity contribution in [2.45, 2.75) is 20.3 Å². The molecule has 0 saturated carbocycles. The molecule has 0 fully saturated rings. The van der Waals surface area contributed by atoms with Crippen molar-refractivity contribution in [3.05, 3.63) is 29.3 Å². The molecule has 4 N–H and O–H groups in total. The van der Waals surface area contributed by atoms with E-state index in [1.54, 1.807) is 0 Å². The van der Waals surface area contributed by atoms with Crippen molar-refractivity contribution >= 4 is 52.5 Å². The summed E-state index contributed by atoms with van der Waals surface area (Å²) in [7, 11) is 0. The summed E-state index contributed by atoms with van der Waals surface area (Å²) in [6.45, 7) is 4.41. The number of nitrogens with one attached hydrogen (secondary N) is 2. The molecule has 20 heavy (non-hydrogen) atoms. The number of hydrazone groups is 1. The fourth-order valence-corrected chi connectivity index (χ4v) is 1.72. The van der Waals surface area contributed by atoms with E-state index in [1.165, 1.54) is 11.8 Å². The van der Waals surface area contributed by atoms with Crippen molar-refractivity contribution in [3.8, 4) is 0 Å². The molecule has 0 aromatic heterocycles. The largest absolute Gasteiger partial charge is 0.377 e. The molecule has 0 aliphatic heterocycles. The lowest BCUT2D eigenvalue weighted by atomic mass is 10.1. The molecule has 112 valence electrons. The number of aryl methyl sites for hydroxylation is 2. The first-order chi connectivity index (χ1) is 9.04. The highest BCUT2D eigenvalue weighted by atomic mass is 127. The lowest BCUT2D eigenvalue weighted by Crippen LogP contribution is -2.21. The second-order valence-electron chi connectivity index (χ2n) is 4.13. The number of thioether (sulfide) groups is 1. The van der Waals surface area contributed by atoms with E-state index in [9.17, 15) is 4.79 Å². The van der Waals surface area contributed by atoms with E-state index < -0.39 is 0 Å². The number of carbonyl (C=O) groups is 1. The maximum absolute atomic E-state index is 11.8. The number of rotatable bonds is 5. The van der Waals surface area contributed by atoms with E-state index in [4.69, 9.17) is 5.73 Å². The van der Waals surface area contributed by atoms with E-state index in [0.717, 1.165) is 16.8 Å². The minimum atomic E-state index is -0.0391. The molecular formula is C13H21IN4OS. The normalized spacial score (nSPS) is 10.7. The SMILES string of the molecule is CS/C(N)=N\NCCC(=O)Nc1c(C)cccc1C.I. The third kappa shape index (κ3) is 6.47. The number of benzene rings is 1. The van der Waals surface area contributed by atoms with Gasteiger partial charge in [0.15, 0.2) is 5.17 Å². The van der Waals surface area contributed by atoms with Crippen LogP contribution in [-0.2, 0) is 4.79 Å². The number of nitrogens with two attached hydrogens (primary N) is 1. The molecule has 0 spiro atoms. The summed E-state index contributed by atoms with van der Waals surface area (Å²) in [5, 5.41) is 7.25. The van der Waals surface area contributed by atoms with Crippen LogP contribution in [0.4, 0.5) is 5.69 Å². The van der Waals surface area contributed by atoms with Crippen molar-refractivity contribution in [2.75, 3.05) is 18.1 Å². The molecule has 1 rings (SSSR count). The molecule has 0 aliphatic rings. The quantitative estimate of drug-likeness (QED) is 0.230. The highest BCUT2D eigenvalue weighted by molar-refractivity contribution is 14.0. The smallest absolute Gasteiger partial charge is 0.226 e. The van der Waals surface area contributed by atoms with Gasteiger partial charge in [-0.2, -0.15) is 5.10 Å². The third-order valence-corrected chi connectivity index (χ3v) is 3.12. The summed E-state index contributed by atoms with van der Waals surface area (Å²) < 4.78 is 0. The van der Waals surface area contributed by atoms with Gasteiger partial charge in [-0.1, -0.05) is 30.0 Å². The number of anilines is 1. The average Bonchev–Trinajstić information content (AvgIpc) is 2.39. The molecule has 0 unspecified atom stereocenters. The van der Waals surface area contributed by atoms with Crippen molar-refractivity contribution in [2.24, 2.45) is 10.8 Å². The van der Waals surface area contributed by atoms with Gasteiger partial charge in [-0.3, -0.25) is 4.79 Å². The van der Waals surface area contributed by atoms with E-state index >= 15 is 0 Å². The van der Waals surface area contributed by atoms with Gasteiger partial charge >= 0.3 is 0 Å². The molecule has 0 saturated heterocycles. The lowest BCUT2D eigenvalue weighted by molar-refractivity contribution is -0.116. The summed E-state index contributed by atoms with van der Waals surface area (Å²) in [5.74, 6) is -0.0391. The average molecular weight is 408 g/mol. The van der Waals surface area contributed by atoms with Crippen LogP contribution in [0.5, 0.6) is 0 Å². The molecule has 1 aromatic carbocycles. The van der Waals surface area contributed by atoms with E-state index in [1.807, 2.05) is 38.3 Å².